The fraction of sp³-hybridized carbons (Fsp3) is 0.750. The lowest BCUT2D eigenvalue weighted by atomic mass is 9.95. The summed E-state index contributed by atoms with van der Waals surface area (Å²) in [7, 11) is 0. The maximum atomic E-state index is 13.2. The van der Waals surface area contributed by atoms with Crippen LogP contribution in [-0.2, 0) is 9.59 Å². The molecule has 3 heteroatoms. The van der Waals surface area contributed by atoms with Crippen molar-refractivity contribution in [2.75, 3.05) is 0 Å². The van der Waals surface area contributed by atoms with Crippen molar-refractivity contribution in [1.29, 1.82) is 0 Å². The lowest BCUT2D eigenvalue weighted by molar-refractivity contribution is -0.133. The zero-order chi connectivity index (χ0) is 9.07. The zero-order valence-electron chi connectivity index (χ0n) is 7.11. The molecule has 0 saturated heterocycles. The Bertz CT molecular complexity index is 173. The second-order valence-electron chi connectivity index (χ2n) is 2.85. The van der Waals surface area contributed by atoms with E-state index in [-0.39, 0.29) is 18.6 Å². The molecule has 0 saturated carbocycles. The van der Waals surface area contributed by atoms with Crippen LogP contribution in [0.15, 0.2) is 0 Å². The summed E-state index contributed by atoms with van der Waals surface area (Å²) in [4.78, 5) is 21.3. The van der Waals surface area contributed by atoms with Crippen LogP contribution in [0.4, 0.5) is 4.39 Å². The summed E-state index contributed by atoms with van der Waals surface area (Å²) in [6.07, 6.45) is -0.167. The summed E-state index contributed by atoms with van der Waals surface area (Å²) in [5.74, 6) is -0.801. The van der Waals surface area contributed by atoms with E-state index in [1.165, 1.54) is 6.92 Å². The van der Waals surface area contributed by atoms with Gasteiger partial charge < -0.3 is 0 Å². The molecule has 0 aromatic carbocycles. The largest absolute Gasteiger partial charge is 0.300 e. The van der Waals surface area contributed by atoms with Crippen molar-refractivity contribution in [3.05, 3.63) is 0 Å². The van der Waals surface area contributed by atoms with Crippen molar-refractivity contribution in [1.82, 2.24) is 0 Å². The number of hydrogen-bond donors (Lipinski definition) is 0. The molecule has 64 valence electrons. The molecule has 0 fully saturated rings. The Labute approximate surface area is 65.8 Å². The van der Waals surface area contributed by atoms with Crippen LogP contribution in [0.5, 0.6) is 0 Å². The Kier molecular flexibility index (Phi) is 3.36. The van der Waals surface area contributed by atoms with Crippen LogP contribution in [0.2, 0.25) is 0 Å². The molecule has 11 heavy (non-hydrogen) atoms. The van der Waals surface area contributed by atoms with Crippen LogP contribution >= 0.6 is 0 Å². The van der Waals surface area contributed by atoms with Gasteiger partial charge in [0.15, 0.2) is 11.5 Å². The molecule has 0 rings (SSSR count). The maximum absolute atomic E-state index is 13.2. The number of Topliss-reactive ketones (excluding diaryl/α,β-unsaturated/α-hetero) is 2. The summed E-state index contributed by atoms with van der Waals surface area (Å²) in [6, 6.07) is 0. The molecule has 0 heterocycles. The van der Waals surface area contributed by atoms with E-state index in [9.17, 15) is 14.0 Å². The Hall–Kier alpha value is -0.730. The third-order valence-electron chi connectivity index (χ3n) is 1.48. The molecule has 0 aliphatic heterocycles. The maximum Gasteiger partial charge on any atom is 0.172 e. The van der Waals surface area contributed by atoms with Gasteiger partial charge in [0, 0.05) is 12.8 Å². The van der Waals surface area contributed by atoms with Gasteiger partial charge in [0.1, 0.15) is 5.78 Å². The summed E-state index contributed by atoms with van der Waals surface area (Å²) >= 11 is 0. The van der Waals surface area contributed by atoms with Crippen molar-refractivity contribution in [2.45, 2.75) is 39.3 Å². The normalized spacial score (nSPS) is 15.6. The van der Waals surface area contributed by atoms with E-state index in [0.29, 0.717) is 0 Å². The zero-order valence-corrected chi connectivity index (χ0v) is 7.11. The summed E-state index contributed by atoms with van der Waals surface area (Å²) in [5, 5.41) is 0. The highest BCUT2D eigenvalue weighted by molar-refractivity contribution is 5.91. The van der Waals surface area contributed by atoms with Gasteiger partial charge in [-0.05, 0) is 13.8 Å². The number of alkyl halides is 1. The Morgan fingerprint density at radius 2 is 1.91 bits per heavy atom. The quantitative estimate of drug-likeness (QED) is 0.627. The highest BCUT2D eigenvalue weighted by atomic mass is 19.1. The van der Waals surface area contributed by atoms with Crippen LogP contribution in [0, 0.1) is 0 Å². The Balaban J connectivity index is 4.21. The molecule has 0 spiro atoms. The smallest absolute Gasteiger partial charge is 0.172 e. The van der Waals surface area contributed by atoms with Crippen molar-refractivity contribution in [3.63, 3.8) is 0 Å². The molecule has 0 bridgehead atoms. The minimum Gasteiger partial charge on any atom is -0.300 e. The average Bonchev–Trinajstić information content (AvgIpc) is 1.83. The standard InChI is InChI=1S/C8H13FO2/c1-4-7(11)8(3,9)5-6(2)10/h4-5H2,1-3H3. The van der Waals surface area contributed by atoms with Crippen LogP contribution < -0.4 is 0 Å². The predicted molar refractivity (Wildman–Crippen MR) is 40.1 cm³/mol. The molecule has 2 nitrogen and oxygen atoms in total. The van der Waals surface area contributed by atoms with E-state index in [4.69, 9.17) is 0 Å². The first-order valence-corrected chi connectivity index (χ1v) is 3.61. The average molecular weight is 160 g/mol. The van der Waals surface area contributed by atoms with Crippen molar-refractivity contribution in [2.24, 2.45) is 0 Å². The van der Waals surface area contributed by atoms with Crippen molar-refractivity contribution < 1.29 is 14.0 Å². The van der Waals surface area contributed by atoms with Gasteiger partial charge in [-0.1, -0.05) is 6.92 Å². The summed E-state index contributed by atoms with van der Waals surface area (Å²) in [5.41, 5.74) is -1.96. The third kappa shape index (κ3) is 3.25. The fourth-order valence-electron chi connectivity index (χ4n) is 0.935. The van der Waals surface area contributed by atoms with Gasteiger partial charge >= 0.3 is 0 Å². The number of carbonyl (C=O) groups is 2. The molecule has 0 N–H and O–H groups in total. The molecular formula is C8H13FO2. The lowest BCUT2D eigenvalue weighted by Gasteiger charge is -2.15. The summed E-state index contributed by atoms with van der Waals surface area (Å²) in [6.45, 7) is 4.02. The second kappa shape index (κ2) is 3.60. The number of halogens is 1. The van der Waals surface area contributed by atoms with E-state index < -0.39 is 11.5 Å². The molecule has 0 radical (unpaired) electrons. The molecule has 0 aromatic heterocycles. The van der Waals surface area contributed by atoms with Gasteiger partial charge in [0.2, 0.25) is 0 Å². The van der Waals surface area contributed by atoms with E-state index in [2.05, 4.69) is 0 Å². The minimum atomic E-state index is -1.96. The topological polar surface area (TPSA) is 34.1 Å². The fourth-order valence-corrected chi connectivity index (χ4v) is 0.935. The number of rotatable bonds is 4. The molecule has 0 aromatic rings. The van der Waals surface area contributed by atoms with Gasteiger partial charge in [-0.25, -0.2) is 4.39 Å². The first kappa shape index (κ1) is 10.3. The predicted octanol–water partition coefficient (Wildman–Crippen LogP) is 1.67. The SMILES string of the molecule is CCC(=O)C(C)(F)CC(C)=O. The van der Waals surface area contributed by atoms with Gasteiger partial charge in [0.25, 0.3) is 0 Å². The van der Waals surface area contributed by atoms with Crippen LogP contribution in [0.25, 0.3) is 0 Å². The summed E-state index contributed by atoms with van der Waals surface area (Å²) < 4.78 is 13.2. The molecule has 0 aliphatic rings. The monoisotopic (exact) mass is 160 g/mol. The molecule has 1 unspecified atom stereocenters. The van der Waals surface area contributed by atoms with E-state index >= 15 is 0 Å². The van der Waals surface area contributed by atoms with E-state index in [1.54, 1.807) is 6.92 Å². The van der Waals surface area contributed by atoms with E-state index in [1.807, 2.05) is 0 Å². The van der Waals surface area contributed by atoms with Gasteiger partial charge in [0.05, 0.1) is 0 Å². The highest BCUT2D eigenvalue weighted by Gasteiger charge is 2.32. The minimum absolute atomic E-state index is 0.139. The Morgan fingerprint density at radius 3 is 2.18 bits per heavy atom. The van der Waals surface area contributed by atoms with E-state index in [0.717, 1.165) is 6.92 Å². The van der Waals surface area contributed by atoms with Gasteiger partial charge in [-0.2, -0.15) is 0 Å². The first-order chi connectivity index (χ1) is 4.90. The third-order valence-corrected chi connectivity index (χ3v) is 1.48. The Morgan fingerprint density at radius 1 is 1.45 bits per heavy atom. The van der Waals surface area contributed by atoms with Gasteiger partial charge in [-0.3, -0.25) is 9.59 Å². The molecule has 0 aliphatic carbocycles. The first-order valence-electron chi connectivity index (χ1n) is 3.61. The lowest BCUT2D eigenvalue weighted by Crippen LogP contribution is -2.31. The van der Waals surface area contributed by atoms with Crippen LogP contribution in [0.3, 0.4) is 0 Å². The number of ketones is 2. The molecule has 0 amide bonds. The molecule has 1 atom stereocenters. The number of carbonyl (C=O) groups excluding carboxylic acids is 2. The number of hydrogen-bond acceptors (Lipinski definition) is 2. The molecular weight excluding hydrogens is 147 g/mol. The van der Waals surface area contributed by atoms with Crippen LogP contribution in [0.1, 0.15) is 33.6 Å². The van der Waals surface area contributed by atoms with Crippen LogP contribution in [-0.4, -0.2) is 17.2 Å². The van der Waals surface area contributed by atoms with Crippen molar-refractivity contribution >= 4 is 11.6 Å². The second-order valence-corrected chi connectivity index (χ2v) is 2.85. The van der Waals surface area contributed by atoms with Crippen molar-refractivity contribution in [3.8, 4) is 0 Å². The highest BCUT2D eigenvalue weighted by Crippen LogP contribution is 2.18. The van der Waals surface area contributed by atoms with Gasteiger partial charge in [-0.15, -0.1) is 0 Å².